The van der Waals surface area contributed by atoms with Gasteiger partial charge in [-0.05, 0) is 36.9 Å². The molecule has 0 amide bonds. The van der Waals surface area contributed by atoms with Crippen molar-refractivity contribution in [1.82, 2.24) is 0 Å². The van der Waals surface area contributed by atoms with Gasteiger partial charge in [-0.1, -0.05) is 6.92 Å². The van der Waals surface area contributed by atoms with Crippen LogP contribution in [0.1, 0.15) is 24.2 Å². The number of hydrogen-bond acceptors (Lipinski definition) is 3. The van der Waals surface area contributed by atoms with E-state index in [0.717, 1.165) is 17.2 Å². The third-order valence-corrected chi connectivity index (χ3v) is 3.26. The van der Waals surface area contributed by atoms with Gasteiger partial charge in [-0.2, -0.15) is 11.8 Å². The molecule has 88 valence electrons. The first-order chi connectivity index (χ1) is 7.63. The SMILES string of the molecule is CCSCC(C)Nc1ccc(C(=O)O)cc1. The zero-order chi connectivity index (χ0) is 12.0. The maximum atomic E-state index is 10.7. The van der Waals surface area contributed by atoms with Crippen molar-refractivity contribution in [2.24, 2.45) is 0 Å². The van der Waals surface area contributed by atoms with E-state index >= 15 is 0 Å². The van der Waals surface area contributed by atoms with Crippen molar-refractivity contribution >= 4 is 23.4 Å². The highest BCUT2D eigenvalue weighted by atomic mass is 32.2. The molecular formula is C12H17NO2S. The first kappa shape index (κ1) is 12.9. The molecule has 0 bridgehead atoms. The molecule has 16 heavy (non-hydrogen) atoms. The van der Waals surface area contributed by atoms with Gasteiger partial charge in [0.2, 0.25) is 0 Å². The molecule has 0 radical (unpaired) electrons. The number of benzene rings is 1. The van der Waals surface area contributed by atoms with E-state index in [1.807, 2.05) is 11.8 Å². The Morgan fingerprint density at radius 1 is 1.44 bits per heavy atom. The lowest BCUT2D eigenvalue weighted by molar-refractivity contribution is 0.0697. The third-order valence-electron chi connectivity index (χ3n) is 2.12. The summed E-state index contributed by atoms with van der Waals surface area (Å²) in [6.07, 6.45) is 0. The van der Waals surface area contributed by atoms with Crippen molar-refractivity contribution in [1.29, 1.82) is 0 Å². The molecule has 0 saturated carbocycles. The Hall–Kier alpha value is -1.16. The van der Waals surface area contributed by atoms with E-state index in [1.54, 1.807) is 24.3 Å². The average Bonchev–Trinajstić information content (AvgIpc) is 2.27. The first-order valence-electron chi connectivity index (χ1n) is 5.31. The van der Waals surface area contributed by atoms with E-state index in [2.05, 4.69) is 19.2 Å². The van der Waals surface area contributed by atoms with Crippen molar-refractivity contribution in [3.05, 3.63) is 29.8 Å². The fraction of sp³-hybridized carbons (Fsp3) is 0.417. The van der Waals surface area contributed by atoms with E-state index in [1.165, 1.54) is 0 Å². The molecule has 1 unspecified atom stereocenters. The second-order valence-electron chi connectivity index (χ2n) is 3.59. The number of anilines is 1. The quantitative estimate of drug-likeness (QED) is 0.801. The van der Waals surface area contributed by atoms with E-state index in [9.17, 15) is 4.79 Å². The molecule has 0 saturated heterocycles. The molecule has 1 rings (SSSR count). The minimum atomic E-state index is -0.888. The minimum Gasteiger partial charge on any atom is -0.478 e. The van der Waals surface area contributed by atoms with Crippen LogP contribution in [0.5, 0.6) is 0 Å². The Morgan fingerprint density at radius 3 is 2.56 bits per heavy atom. The van der Waals surface area contributed by atoms with Crippen LogP contribution in [0, 0.1) is 0 Å². The van der Waals surface area contributed by atoms with E-state index in [4.69, 9.17) is 5.11 Å². The molecule has 0 aliphatic rings. The molecule has 1 atom stereocenters. The van der Waals surface area contributed by atoms with Crippen LogP contribution < -0.4 is 5.32 Å². The summed E-state index contributed by atoms with van der Waals surface area (Å²) in [6, 6.07) is 7.22. The van der Waals surface area contributed by atoms with Crippen LogP contribution in [-0.2, 0) is 0 Å². The Labute approximate surface area is 100 Å². The van der Waals surface area contributed by atoms with Crippen LogP contribution >= 0.6 is 11.8 Å². The topological polar surface area (TPSA) is 49.3 Å². The van der Waals surface area contributed by atoms with Gasteiger partial charge in [-0.25, -0.2) is 4.79 Å². The van der Waals surface area contributed by atoms with Crippen LogP contribution in [0.15, 0.2) is 24.3 Å². The number of carbonyl (C=O) groups is 1. The van der Waals surface area contributed by atoms with E-state index in [0.29, 0.717) is 11.6 Å². The minimum absolute atomic E-state index is 0.320. The Kier molecular flexibility index (Phi) is 5.19. The zero-order valence-corrected chi connectivity index (χ0v) is 10.4. The Balaban J connectivity index is 2.51. The van der Waals surface area contributed by atoms with Crippen LogP contribution in [0.4, 0.5) is 5.69 Å². The zero-order valence-electron chi connectivity index (χ0n) is 9.56. The molecule has 0 aliphatic carbocycles. The van der Waals surface area contributed by atoms with Gasteiger partial charge >= 0.3 is 5.97 Å². The summed E-state index contributed by atoms with van der Waals surface area (Å²) < 4.78 is 0. The van der Waals surface area contributed by atoms with Gasteiger partial charge in [0.25, 0.3) is 0 Å². The predicted molar refractivity (Wildman–Crippen MR) is 69.5 cm³/mol. The summed E-state index contributed by atoms with van der Waals surface area (Å²) >= 11 is 1.89. The molecule has 1 aromatic carbocycles. The number of rotatable bonds is 6. The van der Waals surface area contributed by atoms with E-state index < -0.39 is 5.97 Å². The van der Waals surface area contributed by atoms with Gasteiger partial charge in [0, 0.05) is 17.5 Å². The molecule has 3 nitrogen and oxygen atoms in total. The van der Waals surface area contributed by atoms with Crippen LogP contribution in [0.2, 0.25) is 0 Å². The second kappa shape index (κ2) is 6.43. The lowest BCUT2D eigenvalue weighted by Gasteiger charge is -2.14. The number of hydrogen-bond donors (Lipinski definition) is 2. The van der Waals surface area contributed by atoms with Crippen LogP contribution in [0.3, 0.4) is 0 Å². The van der Waals surface area contributed by atoms with Crippen molar-refractivity contribution in [3.8, 4) is 0 Å². The molecule has 0 spiro atoms. The van der Waals surface area contributed by atoms with E-state index in [-0.39, 0.29) is 0 Å². The van der Waals surface area contributed by atoms with Crippen molar-refractivity contribution in [2.45, 2.75) is 19.9 Å². The summed E-state index contributed by atoms with van der Waals surface area (Å²) in [4.78, 5) is 10.7. The monoisotopic (exact) mass is 239 g/mol. The maximum Gasteiger partial charge on any atom is 0.335 e. The largest absolute Gasteiger partial charge is 0.478 e. The summed E-state index contributed by atoms with van der Waals surface area (Å²) in [7, 11) is 0. The van der Waals surface area contributed by atoms with Crippen molar-refractivity contribution in [3.63, 3.8) is 0 Å². The van der Waals surface area contributed by atoms with Gasteiger partial charge in [0.1, 0.15) is 0 Å². The molecule has 0 aliphatic heterocycles. The molecule has 0 fully saturated rings. The van der Waals surface area contributed by atoms with Crippen LogP contribution in [0.25, 0.3) is 0 Å². The summed E-state index contributed by atoms with van der Waals surface area (Å²) in [5, 5.41) is 12.1. The van der Waals surface area contributed by atoms with Gasteiger partial charge in [-0.3, -0.25) is 0 Å². The fourth-order valence-corrected chi connectivity index (χ4v) is 2.00. The van der Waals surface area contributed by atoms with Crippen molar-refractivity contribution < 1.29 is 9.90 Å². The van der Waals surface area contributed by atoms with Gasteiger partial charge in [0.05, 0.1) is 5.56 Å². The summed E-state index contributed by atoms with van der Waals surface area (Å²) in [5.41, 5.74) is 1.29. The number of carboxylic acids is 1. The highest BCUT2D eigenvalue weighted by molar-refractivity contribution is 7.99. The summed E-state index contributed by atoms with van der Waals surface area (Å²) in [5.74, 6) is 1.28. The number of thioether (sulfide) groups is 1. The fourth-order valence-electron chi connectivity index (χ4n) is 1.33. The highest BCUT2D eigenvalue weighted by Crippen LogP contribution is 2.12. The number of carboxylic acid groups (broad SMARTS) is 1. The molecule has 0 heterocycles. The molecule has 0 aromatic heterocycles. The molecule has 1 aromatic rings. The second-order valence-corrected chi connectivity index (χ2v) is 4.91. The third kappa shape index (κ3) is 4.14. The summed E-state index contributed by atoms with van der Waals surface area (Å²) in [6.45, 7) is 4.26. The standard InChI is InChI=1S/C12H17NO2S/c1-3-16-8-9(2)13-11-6-4-10(5-7-11)12(14)15/h4-7,9,13H,3,8H2,1-2H3,(H,14,15). The average molecular weight is 239 g/mol. The van der Waals surface area contributed by atoms with Gasteiger partial charge < -0.3 is 10.4 Å². The molecule has 4 heteroatoms. The lowest BCUT2D eigenvalue weighted by Crippen LogP contribution is -2.18. The Morgan fingerprint density at radius 2 is 2.06 bits per heavy atom. The van der Waals surface area contributed by atoms with Gasteiger partial charge in [-0.15, -0.1) is 0 Å². The molecule has 2 N–H and O–H groups in total. The number of nitrogens with one attached hydrogen (secondary N) is 1. The lowest BCUT2D eigenvalue weighted by atomic mass is 10.2. The van der Waals surface area contributed by atoms with Crippen molar-refractivity contribution in [2.75, 3.05) is 16.8 Å². The Bertz CT molecular complexity index is 337. The maximum absolute atomic E-state index is 10.7. The van der Waals surface area contributed by atoms with Crippen LogP contribution in [-0.4, -0.2) is 28.6 Å². The first-order valence-corrected chi connectivity index (χ1v) is 6.46. The predicted octanol–water partition coefficient (Wildman–Crippen LogP) is 2.94. The number of aromatic carboxylic acids is 1. The smallest absolute Gasteiger partial charge is 0.335 e. The van der Waals surface area contributed by atoms with Gasteiger partial charge in [0.15, 0.2) is 0 Å². The highest BCUT2D eigenvalue weighted by Gasteiger charge is 2.04. The molecular weight excluding hydrogens is 222 g/mol. The normalized spacial score (nSPS) is 12.1.